The van der Waals surface area contributed by atoms with Crippen molar-refractivity contribution in [2.24, 2.45) is 0 Å². The molecule has 1 aromatic rings. The number of amides is 1. The molecule has 0 aromatic heterocycles. The molecule has 0 fully saturated rings. The second-order valence-electron chi connectivity index (χ2n) is 3.20. The van der Waals surface area contributed by atoms with Crippen molar-refractivity contribution in [1.29, 1.82) is 0 Å². The molecule has 0 aliphatic heterocycles. The minimum absolute atomic E-state index is 0. The molecule has 1 N–H and O–H groups in total. The molecule has 0 aliphatic carbocycles. The Bertz CT molecular complexity index is 299. The first-order chi connectivity index (χ1) is 6.20. The second-order valence-corrected chi connectivity index (χ2v) is 3.20. The molecule has 1 aromatic carbocycles. The van der Waals surface area contributed by atoms with Crippen molar-refractivity contribution in [3.63, 3.8) is 0 Å². The quantitative estimate of drug-likeness (QED) is 0.745. The smallest absolute Gasteiger partial charge is 0.668 e. The van der Waals surface area contributed by atoms with Crippen LogP contribution in [0.1, 0.15) is 24.0 Å². The Balaban J connectivity index is 0. The van der Waals surface area contributed by atoms with E-state index in [0.29, 0.717) is 6.42 Å². The van der Waals surface area contributed by atoms with Crippen molar-refractivity contribution in [2.75, 3.05) is 0 Å². The van der Waals surface area contributed by atoms with Crippen LogP contribution in [0.5, 0.6) is 0 Å². The monoisotopic (exact) mass is 375 g/mol. The number of nitrogens with one attached hydrogen (secondary N) is 1. The van der Waals surface area contributed by atoms with E-state index in [4.69, 9.17) is 5.73 Å². The third kappa shape index (κ3) is 6.46. The maximum absolute atomic E-state index is 10.4. The molecule has 0 aliphatic rings. The van der Waals surface area contributed by atoms with Gasteiger partial charge in [-0.15, -0.1) is 0 Å². The van der Waals surface area contributed by atoms with Gasteiger partial charge in [-0.25, -0.2) is 0 Å². The molecule has 0 bridgehead atoms. The van der Waals surface area contributed by atoms with E-state index in [2.05, 4.69) is 19.1 Å². The Labute approximate surface area is 107 Å². The predicted octanol–water partition coefficient (Wildman–Crippen LogP) is 3.34. The predicted molar refractivity (Wildman–Crippen MR) is 59.9 cm³/mol. The summed E-state index contributed by atoms with van der Waals surface area (Å²) in [4.78, 5) is 10.4. The number of hydrogen-bond acceptors (Lipinski definition) is 1. The van der Waals surface area contributed by atoms with Gasteiger partial charge in [-0.2, -0.15) is 0 Å². The summed E-state index contributed by atoms with van der Waals surface area (Å²) in [6, 6.07) is 8.15. The van der Waals surface area contributed by atoms with Gasteiger partial charge in [0, 0.05) is 5.91 Å². The van der Waals surface area contributed by atoms with Crippen molar-refractivity contribution in [3.8, 4) is 0 Å². The van der Waals surface area contributed by atoms with Crippen LogP contribution in [-0.4, -0.2) is 5.91 Å². The molecule has 0 radical (unpaired) electrons. The first kappa shape index (κ1) is 16.8. The van der Waals surface area contributed by atoms with Gasteiger partial charge in [-0.05, 0) is 37.3 Å². The fourth-order valence-corrected chi connectivity index (χ4v) is 1.33. The molecule has 1 amide bonds. The van der Waals surface area contributed by atoms with Gasteiger partial charge in [0.2, 0.25) is 0 Å². The Morgan fingerprint density at radius 3 is 2.47 bits per heavy atom. The summed E-state index contributed by atoms with van der Waals surface area (Å²) in [5.74, 6) is -0.464. The maximum Gasteiger partial charge on any atom is 2.00 e. The molecule has 0 atom stereocenters. The average Bonchev–Trinajstić information content (AvgIpc) is 2.08. The number of carbonyl (C=O) groups excluding carboxylic acids is 1. The summed E-state index contributed by atoms with van der Waals surface area (Å²) in [6.45, 7) is 2.07. The van der Waals surface area contributed by atoms with Crippen molar-refractivity contribution in [1.82, 2.24) is 0 Å². The molecular formula is C12H17NOW. The van der Waals surface area contributed by atoms with E-state index in [-0.39, 0.29) is 28.5 Å². The third-order valence-corrected chi connectivity index (χ3v) is 2.11. The Morgan fingerprint density at radius 2 is 1.93 bits per heavy atom. The van der Waals surface area contributed by atoms with Crippen LogP contribution in [0.4, 0.5) is 0 Å². The molecule has 0 saturated heterocycles. The Kier molecular flexibility index (Phi) is 9.71. The van der Waals surface area contributed by atoms with E-state index in [9.17, 15) is 4.79 Å². The largest absolute Gasteiger partial charge is 2.00 e. The van der Waals surface area contributed by atoms with E-state index < -0.39 is 5.91 Å². The zero-order valence-electron chi connectivity index (χ0n) is 9.25. The summed E-state index contributed by atoms with van der Waals surface area (Å²) in [7, 11) is 0. The fraction of sp³-hybridized carbons (Fsp3) is 0.333. The maximum atomic E-state index is 10.4. The Hall–Kier alpha value is -0.622. The van der Waals surface area contributed by atoms with Crippen molar-refractivity contribution in [2.45, 2.75) is 26.2 Å². The normalized spacial score (nSPS) is 8.60. The minimum atomic E-state index is -0.464. The summed E-state index contributed by atoms with van der Waals surface area (Å²) in [6.07, 6.45) is 2.05. The molecule has 3 heteroatoms. The van der Waals surface area contributed by atoms with E-state index in [1.54, 1.807) is 0 Å². The van der Waals surface area contributed by atoms with Crippen LogP contribution in [0.2, 0.25) is 0 Å². The van der Waals surface area contributed by atoms with E-state index in [1.807, 2.05) is 12.1 Å². The third-order valence-electron chi connectivity index (χ3n) is 2.11. The number of aryl methyl sites for hydroxylation is 2. The van der Waals surface area contributed by atoms with Gasteiger partial charge in [-0.1, -0.05) is 24.3 Å². The molecular weight excluding hydrogens is 358 g/mol. The van der Waals surface area contributed by atoms with Gasteiger partial charge in [-0.3, -0.25) is 0 Å². The molecule has 15 heavy (non-hydrogen) atoms. The van der Waals surface area contributed by atoms with Crippen LogP contribution in [0.15, 0.2) is 24.3 Å². The van der Waals surface area contributed by atoms with Gasteiger partial charge in [0.25, 0.3) is 0 Å². The van der Waals surface area contributed by atoms with Gasteiger partial charge < -0.3 is 18.0 Å². The number of rotatable bonds is 4. The van der Waals surface area contributed by atoms with Crippen LogP contribution >= 0.6 is 0 Å². The molecule has 0 spiro atoms. The second kappa shape index (κ2) is 8.67. The summed E-state index contributed by atoms with van der Waals surface area (Å²) in [5, 5.41) is 0. The van der Waals surface area contributed by atoms with Gasteiger partial charge in [0.1, 0.15) is 0 Å². The zero-order chi connectivity index (χ0) is 9.68. The fourth-order valence-electron chi connectivity index (χ4n) is 1.33. The Morgan fingerprint density at radius 1 is 1.33 bits per heavy atom. The van der Waals surface area contributed by atoms with Gasteiger partial charge in [0.15, 0.2) is 0 Å². The first-order valence-electron chi connectivity index (χ1n) is 4.49. The molecule has 2 nitrogen and oxygen atoms in total. The molecule has 0 saturated carbocycles. The van der Waals surface area contributed by atoms with Crippen LogP contribution < -0.4 is 0 Å². The molecule has 0 heterocycles. The van der Waals surface area contributed by atoms with Gasteiger partial charge in [0.05, 0.1) is 0 Å². The van der Waals surface area contributed by atoms with Crippen LogP contribution in [-0.2, 0) is 32.3 Å². The zero-order valence-corrected chi connectivity index (χ0v) is 12.2. The van der Waals surface area contributed by atoms with Crippen molar-refractivity contribution < 1.29 is 25.9 Å². The standard InChI is InChI=1S/C11H15NO.CH3.W/c1-9-5-2-3-6-10(9)7-4-8-11(12)13;;/h2-3,5-6H,4,7-8H2,1H3,(H2,12,13);1H3;/q;-1;+2/p-1. The molecule has 0 unspecified atom stereocenters. The summed E-state index contributed by atoms with van der Waals surface area (Å²) in [5.41, 5.74) is 9.30. The van der Waals surface area contributed by atoms with Crippen LogP contribution in [0.3, 0.4) is 0 Å². The summed E-state index contributed by atoms with van der Waals surface area (Å²) >= 11 is 0. The number of hydrogen-bond donors (Lipinski definition) is 0. The topological polar surface area (TPSA) is 40.9 Å². The molecule has 82 valence electrons. The van der Waals surface area contributed by atoms with Crippen molar-refractivity contribution in [3.05, 3.63) is 48.6 Å². The summed E-state index contributed by atoms with van der Waals surface area (Å²) < 4.78 is 0. The SMILES string of the molecule is Cc1ccccc1CCCC([NH-])=O.[CH3-].[W+2]. The van der Waals surface area contributed by atoms with Crippen molar-refractivity contribution >= 4 is 5.91 Å². The van der Waals surface area contributed by atoms with Crippen LogP contribution in [0, 0.1) is 14.4 Å². The number of benzene rings is 1. The van der Waals surface area contributed by atoms with Crippen LogP contribution in [0.25, 0.3) is 5.73 Å². The minimum Gasteiger partial charge on any atom is -0.668 e. The van der Waals surface area contributed by atoms with E-state index >= 15 is 0 Å². The van der Waals surface area contributed by atoms with E-state index in [0.717, 1.165) is 12.8 Å². The first-order valence-corrected chi connectivity index (χ1v) is 4.49. The molecule has 1 rings (SSSR count). The number of carbonyl (C=O) groups is 1. The van der Waals surface area contributed by atoms with Gasteiger partial charge >= 0.3 is 21.1 Å². The average molecular weight is 375 g/mol. The van der Waals surface area contributed by atoms with E-state index in [1.165, 1.54) is 11.1 Å².